The topological polar surface area (TPSA) is 42.7 Å². The molecule has 0 aliphatic carbocycles. The van der Waals surface area contributed by atoms with Gasteiger partial charge in [0.15, 0.2) is 0 Å². The fraction of sp³-hybridized carbons (Fsp3) is 0.273. The molecule has 0 bridgehead atoms. The third kappa shape index (κ3) is 3.11. The highest BCUT2D eigenvalue weighted by molar-refractivity contribution is 6.35. The molecular weight excluding hydrogens is 259 g/mol. The van der Waals surface area contributed by atoms with Crippen molar-refractivity contribution in [2.24, 2.45) is 0 Å². The lowest BCUT2D eigenvalue weighted by molar-refractivity contribution is 0.622. The number of benzene rings is 1. The number of nitrogens with one attached hydrogen (secondary N) is 1. The molecule has 1 aromatic heterocycles. The molecule has 1 aromatic carbocycles. The second-order valence-corrected chi connectivity index (χ2v) is 4.38. The molecule has 0 atom stereocenters. The number of aryl methyl sites for hydroxylation is 1. The van der Waals surface area contributed by atoms with Gasteiger partial charge < -0.3 is 5.32 Å². The lowest BCUT2D eigenvalue weighted by atomic mass is 10.3. The third-order valence-corrected chi connectivity index (χ3v) is 2.74. The molecule has 0 amide bonds. The van der Waals surface area contributed by atoms with Crippen molar-refractivity contribution in [2.75, 3.05) is 5.32 Å². The van der Waals surface area contributed by atoms with Gasteiger partial charge in [0.1, 0.15) is 12.2 Å². The summed E-state index contributed by atoms with van der Waals surface area (Å²) in [6, 6.07) is 5.34. The Hall–Kier alpha value is -1.26. The van der Waals surface area contributed by atoms with E-state index in [0.29, 0.717) is 16.6 Å². The zero-order chi connectivity index (χ0) is 12.3. The molecule has 17 heavy (non-hydrogen) atoms. The van der Waals surface area contributed by atoms with E-state index in [4.69, 9.17) is 23.2 Å². The number of hydrogen-bond donors (Lipinski definition) is 1. The fourth-order valence-electron chi connectivity index (χ4n) is 1.53. The zero-order valence-electron chi connectivity index (χ0n) is 9.32. The minimum absolute atomic E-state index is 0.588. The molecule has 0 saturated carbocycles. The summed E-state index contributed by atoms with van der Waals surface area (Å²) in [6.45, 7) is 3.41. The van der Waals surface area contributed by atoms with Gasteiger partial charge in [-0.1, -0.05) is 23.2 Å². The molecule has 4 nitrogen and oxygen atoms in total. The maximum absolute atomic E-state index is 5.91. The molecule has 2 rings (SSSR count). The first-order valence-electron chi connectivity index (χ1n) is 5.25. The van der Waals surface area contributed by atoms with Gasteiger partial charge in [-0.2, -0.15) is 5.10 Å². The van der Waals surface area contributed by atoms with Gasteiger partial charge in [0.2, 0.25) is 0 Å². The van der Waals surface area contributed by atoms with Gasteiger partial charge in [-0.3, -0.25) is 0 Å². The van der Waals surface area contributed by atoms with Crippen LogP contribution in [0.25, 0.3) is 0 Å². The fourth-order valence-corrected chi connectivity index (χ4v) is 2.05. The lowest BCUT2D eigenvalue weighted by Crippen LogP contribution is -2.09. The molecule has 0 aliphatic rings. The smallest absolute Gasteiger partial charge is 0.146 e. The van der Waals surface area contributed by atoms with E-state index in [1.54, 1.807) is 12.4 Å². The van der Waals surface area contributed by atoms with Crippen LogP contribution in [0.5, 0.6) is 0 Å². The van der Waals surface area contributed by atoms with E-state index in [0.717, 1.165) is 18.1 Å². The van der Waals surface area contributed by atoms with Gasteiger partial charge in [0.25, 0.3) is 0 Å². The van der Waals surface area contributed by atoms with E-state index >= 15 is 0 Å². The first kappa shape index (κ1) is 12.2. The van der Waals surface area contributed by atoms with Crippen LogP contribution < -0.4 is 5.32 Å². The monoisotopic (exact) mass is 270 g/mol. The van der Waals surface area contributed by atoms with Gasteiger partial charge in [-0.25, -0.2) is 9.67 Å². The number of halogens is 2. The molecule has 6 heteroatoms. The highest BCUT2D eigenvalue weighted by atomic mass is 35.5. The first-order valence-corrected chi connectivity index (χ1v) is 6.01. The molecule has 2 aromatic rings. The van der Waals surface area contributed by atoms with Gasteiger partial charge >= 0.3 is 0 Å². The van der Waals surface area contributed by atoms with Gasteiger partial charge in [-0.05, 0) is 25.1 Å². The quantitative estimate of drug-likeness (QED) is 0.928. The maximum atomic E-state index is 5.91. The minimum Gasteiger partial charge on any atom is -0.378 e. The molecule has 0 fully saturated rings. The maximum Gasteiger partial charge on any atom is 0.146 e. The molecule has 1 N–H and O–H groups in total. The Bertz CT molecular complexity index is 490. The van der Waals surface area contributed by atoms with E-state index in [9.17, 15) is 0 Å². The molecular formula is C11H12Cl2N4. The van der Waals surface area contributed by atoms with Crippen LogP contribution in [0.15, 0.2) is 24.5 Å². The van der Waals surface area contributed by atoms with Gasteiger partial charge in [0.05, 0.1) is 6.54 Å². The van der Waals surface area contributed by atoms with E-state index in [2.05, 4.69) is 15.4 Å². The van der Waals surface area contributed by atoms with E-state index in [1.165, 1.54) is 0 Å². The Kier molecular flexibility index (Phi) is 3.86. The van der Waals surface area contributed by atoms with Crippen molar-refractivity contribution >= 4 is 28.9 Å². The summed E-state index contributed by atoms with van der Waals surface area (Å²) in [4.78, 5) is 4.17. The molecule has 90 valence electrons. The number of anilines is 1. The lowest BCUT2D eigenvalue weighted by Gasteiger charge is -2.07. The molecule has 1 heterocycles. The summed E-state index contributed by atoms with van der Waals surface area (Å²) in [5.74, 6) is 0.878. The Morgan fingerprint density at radius 2 is 1.94 bits per heavy atom. The summed E-state index contributed by atoms with van der Waals surface area (Å²) >= 11 is 11.8. The third-order valence-electron chi connectivity index (χ3n) is 2.31. The SMILES string of the molecule is CCn1ncnc1CNc1cc(Cl)cc(Cl)c1. The predicted molar refractivity (Wildman–Crippen MR) is 69.5 cm³/mol. The Morgan fingerprint density at radius 1 is 1.24 bits per heavy atom. The predicted octanol–water partition coefficient (Wildman–Crippen LogP) is 3.22. The average molecular weight is 271 g/mol. The normalized spacial score (nSPS) is 10.5. The number of aromatic nitrogens is 3. The summed E-state index contributed by atoms with van der Waals surface area (Å²) in [5, 5.41) is 8.52. The van der Waals surface area contributed by atoms with Gasteiger partial charge in [-0.15, -0.1) is 0 Å². The molecule has 0 spiro atoms. The van der Waals surface area contributed by atoms with Crippen molar-refractivity contribution in [1.82, 2.24) is 14.8 Å². The van der Waals surface area contributed by atoms with Crippen molar-refractivity contribution in [3.63, 3.8) is 0 Å². The van der Waals surface area contributed by atoms with E-state index in [-0.39, 0.29) is 0 Å². The Balaban J connectivity index is 2.07. The van der Waals surface area contributed by atoms with E-state index in [1.807, 2.05) is 23.7 Å². The van der Waals surface area contributed by atoms with Crippen LogP contribution in [0.3, 0.4) is 0 Å². The van der Waals surface area contributed by atoms with Crippen LogP contribution in [0.1, 0.15) is 12.7 Å². The first-order chi connectivity index (χ1) is 8.19. The summed E-state index contributed by atoms with van der Waals surface area (Å²) < 4.78 is 1.83. The van der Waals surface area contributed by atoms with Gasteiger partial charge in [0, 0.05) is 22.3 Å². The van der Waals surface area contributed by atoms with Crippen molar-refractivity contribution in [1.29, 1.82) is 0 Å². The van der Waals surface area contributed by atoms with Crippen molar-refractivity contribution in [2.45, 2.75) is 20.0 Å². The molecule has 0 radical (unpaired) electrons. The highest BCUT2D eigenvalue weighted by Gasteiger charge is 2.03. The number of nitrogens with zero attached hydrogens (tertiary/aromatic N) is 3. The largest absolute Gasteiger partial charge is 0.378 e. The summed E-state index contributed by atoms with van der Waals surface area (Å²) in [7, 11) is 0. The molecule has 0 aliphatic heterocycles. The van der Waals surface area contributed by atoms with Crippen molar-refractivity contribution < 1.29 is 0 Å². The van der Waals surface area contributed by atoms with Crippen LogP contribution in [0.2, 0.25) is 10.0 Å². The number of rotatable bonds is 4. The van der Waals surface area contributed by atoms with Crippen molar-refractivity contribution in [3.05, 3.63) is 40.4 Å². The molecule has 0 unspecified atom stereocenters. The Morgan fingerprint density at radius 3 is 2.59 bits per heavy atom. The second-order valence-electron chi connectivity index (χ2n) is 3.50. The molecule has 0 saturated heterocycles. The Labute approximate surface area is 110 Å². The van der Waals surface area contributed by atoms with Crippen LogP contribution in [-0.2, 0) is 13.1 Å². The van der Waals surface area contributed by atoms with Crippen molar-refractivity contribution in [3.8, 4) is 0 Å². The zero-order valence-corrected chi connectivity index (χ0v) is 10.8. The van der Waals surface area contributed by atoms with Crippen LogP contribution in [0.4, 0.5) is 5.69 Å². The summed E-state index contributed by atoms with van der Waals surface area (Å²) in [6.07, 6.45) is 1.55. The number of hydrogen-bond acceptors (Lipinski definition) is 3. The van der Waals surface area contributed by atoms with E-state index < -0.39 is 0 Å². The summed E-state index contributed by atoms with van der Waals surface area (Å²) in [5.41, 5.74) is 0.869. The van der Waals surface area contributed by atoms with Crippen LogP contribution in [-0.4, -0.2) is 14.8 Å². The standard InChI is InChI=1S/C11H12Cl2N4/c1-2-17-11(15-7-16-17)6-14-10-4-8(12)3-9(13)5-10/h3-5,7,14H,2,6H2,1H3. The second kappa shape index (κ2) is 5.38. The van der Waals surface area contributed by atoms with Crippen LogP contribution in [0, 0.1) is 0 Å². The average Bonchev–Trinajstić information content (AvgIpc) is 2.72. The minimum atomic E-state index is 0.588. The highest BCUT2D eigenvalue weighted by Crippen LogP contribution is 2.22. The van der Waals surface area contributed by atoms with Crippen LogP contribution >= 0.6 is 23.2 Å².